The molecule has 1 aromatic heterocycles. The number of halogens is 2. The molecule has 1 aliphatic rings. The highest BCUT2D eigenvalue weighted by atomic mass is 79.9. The molecule has 1 amide bonds. The van der Waals surface area contributed by atoms with Crippen molar-refractivity contribution in [2.75, 3.05) is 6.54 Å². The van der Waals surface area contributed by atoms with Gasteiger partial charge >= 0.3 is 0 Å². The zero-order valence-corrected chi connectivity index (χ0v) is 13.2. The SMILES string of the molecule is O=C(c1cc(Br)ccc1Br)N1CCn2ccnc2C1. The molecule has 2 heterocycles. The van der Waals surface area contributed by atoms with Gasteiger partial charge in [0.2, 0.25) is 0 Å². The Morgan fingerprint density at radius 3 is 2.95 bits per heavy atom. The zero-order valence-electron chi connectivity index (χ0n) is 10.0. The maximum Gasteiger partial charge on any atom is 0.255 e. The van der Waals surface area contributed by atoms with Crippen LogP contribution in [0.3, 0.4) is 0 Å². The van der Waals surface area contributed by atoms with Gasteiger partial charge in [-0.1, -0.05) is 15.9 Å². The highest BCUT2D eigenvalue weighted by molar-refractivity contribution is 9.11. The average molecular weight is 385 g/mol. The first kappa shape index (κ1) is 12.9. The molecule has 0 bridgehead atoms. The molecule has 0 aliphatic carbocycles. The van der Waals surface area contributed by atoms with E-state index in [-0.39, 0.29) is 5.91 Å². The van der Waals surface area contributed by atoms with Gasteiger partial charge in [0, 0.05) is 34.4 Å². The van der Waals surface area contributed by atoms with Crippen molar-refractivity contribution in [1.82, 2.24) is 14.5 Å². The molecule has 0 unspecified atom stereocenters. The molecule has 4 nitrogen and oxygen atoms in total. The Morgan fingerprint density at radius 2 is 2.11 bits per heavy atom. The van der Waals surface area contributed by atoms with E-state index in [2.05, 4.69) is 41.4 Å². The smallest absolute Gasteiger partial charge is 0.255 e. The van der Waals surface area contributed by atoms with Gasteiger partial charge in [-0.15, -0.1) is 0 Å². The summed E-state index contributed by atoms with van der Waals surface area (Å²) in [5.74, 6) is 0.966. The fraction of sp³-hybridized carbons (Fsp3) is 0.231. The highest BCUT2D eigenvalue weighted by Gasteiger charge is 2.23. The van der Waals surface area contributed by atoms with E-state index in [1.165, 1.54) is 0 Å². The number of nitrogens with zero attached hydrogens (tertiary/aromatic N) is 3. The van der Waals surface area contributed by atoms with E-state index >= 15 is 0 Å². The molecule has 3 rings (SSSR count). The maximum atomic E-state index is 12.5. The van der Waals surface area contributed by atoms with Crippen LogP contribution >= 0.6 is 31.9 Å². The Labute approximate surface area is 127 Å². The van der Waals surface area contributed by atoms with Crippen LogP contribution < -0.4 is 0 Å². The largest absolute Gasteiger partial charge is 0.332 e. The summed E-state index contributed by atoms with van der Waals surface area (Å²) >= 11 is 6.83. The van der Waals surface area contributed by atoms with Gasteiger partial charge in [-0.05, 0) is 34.1 Å². The lowest BCUT2D eigenvalue weighted by Gasteiger charge is -2.28. The Bertz CT molecular complexity index is 639. The lowest BCUT2D eigenvalue weighted by Crippen LogP contribution is -2.38. The third kappa shape index (κ3) is 2.47. The number of amides is 1. The third-order valence-electron chi connectivity index (χ3n) is 3.19. The minimum absolute atomic E-state index is 0.0300. The Morgan fingerprint density at radius 1 is 1.26 bits per heavy atom. The second kappa shape index (κ2) is 5.09. The first-order chi connectivity index (χ1) is 9.15. The van der Waals surface area contributed by atoms with Crippen LogP contribution in [0.15, 0.2) is 39.5 Å². The second-order valence-electron chi connectivity index (χ2n) is 4.39. The fourth-order valence-corrected chi connectivity index (χ4v) is 2.96. The molecule has 98 valence electrons. The Balaban J connectivity index is 1.87. The Hall–Kier alpha value is -1.14. The lowest BCUT2D eigenvalue weighted by atomic mass is 10.2. The number of imidazole rings is 1. The van der Waals surface area contributed by atoms with Crippen LogP contribution in [0.5, 0.6) is 0 Å². The van der Waals surface area contributed by atoms with Crippen LogP contribution in [-0.4, -0.2) is 26.9 Å². The maximum absolute atomic E-state index is 12.5. The predicted molar refractivity (Wildman–Crippen MR) is 78.8 cm³/mol. The van der Waals surface area contributed by atoms with E-state index in [1.807, 2.05) is 29.3 Å². The fourth-order valence-electron chi connectivity index (χ4n) is 2.18. The van der Waals surface area contributed by atoms with Gasteiger partial charge in [0.05, 0.1) is 12.1 Å². The van der Waals surface area contributed by atoms with Crippen molar-refractivity contribution in [3.63, 3.8) is 0 Å². The molecule has 6 heteroatoms. The summed E-state index contributed by atoms with van der Waals surface area (Å²) in [5, 5.41) is 0. The van der Waals surface area contributed by atoms with Crippen molar-refractivity contribution in [3.05, 3.63) is 50.9 Å². The summed E-state index contributed by atoms with van der Waals surface area (Å²) in [6.07, 6.45) is 3.73. The summed E-state index contributed by atoms with van der Waals surface area (Å²) in [6.45, 7) is 2.07. The van der Waals surface area contributed by atoms with Crippen molar-refractivity contribution >= 4 is 37.8 Å². The van der Waals surface area contributed by atoms with Crippen LogP contribution in [0.4, 0.5) is 0 Å². The molecular formula is C13H11Br2N3O. The standard InChI is InChI=1S/C13H11Br2N3O/c14-9-1-2-11(15)10(7-9)13(19)18-6-5-17-4-3-16-12(17)8-18/h1-4,7H,5-6,8H2. The number of rotatable bonds is 1. The topological polar surface area (TPSA) is 38.1 Å². The van der Waals surface area contributed by atoms with E-state index < -0.39 is 0 Å². The summed E-state index contributed by atoms with van der Waals surface area (Å²) in [7, 11) is 0. The lowest BCUT2D eigenvalue weighted by molar-refractivity contribution is 0.0706. The first-order valence-corrected chi connectivity index (χ1v) is 7.48. The van der Waals surface area contributed by atoms with E-state index in [4.69, 9.17) is 0 Å². The van der Waals surface area contributed by atoms with Crippen molar-refractivity contribution < 1.29 is 4.79 Å². The molecule has 0 spiro atoms. The Kier molecular flexibility index (Phi) is 3.45. The third-order valence-corrected chi connectivity index (χ3v) is 4.38. The van der Waals surface area contributed by atoms with Gasteiger partial charge in [-0.25, -0.2) is 4.98 Å². The average Bonchev–Trinajstić information content (AvgIpc) is 2.88. The summed E-state index contributed by atoms with van der Waals surface area (Å²) in [6, 6.07) is 5.62. The van der Waals surface area contributed by atoms with Gasteiger partial charge < -0.3 is 9.47 Å². The molecule has 0 N–H and O–H groups in total. The predicted octanol–water partition coefficient (Wildman–Crippen LogP) is 3.06. The van der Waals surface area contributed by atoms with E-state index in [1.54, 1.807) is 6.20 Å². The monoisotopic (exact) mass is 383 g/mol. The van der Waals surface area contributed by atoms with E-state index in [9.17, 15) is 4.79 Å². The number of fused-ring (bicyclic) bond motifs is 1. The van der Waals surface area contributed by atoms with Gasteiger partial charge in [-0.3, -0.25) is 4.79 Å². The molecular weight excluding hydrogens is 374 g/mol. The number of hydrogen-bond acceptors (Lipinski definition) is 2. The number of hydrogen-bond donors (Lipinski definition) is 0. The van der Waals surface area contributed by atoms with Crippen LogP contribution in [0.1, 0.15) is 16.2 Å². The molecule has 0 atom stereocenters. The van der Waals surface area contributed by atoms with Crippen molar-refractivity contribution in [2.45, 2.75) is 13.1 Å². The van der Waals surface area contributed by atoms with E-state index in [0.29, 0.717) is 18.7 Å². The molecule has 1 aromatic carbocycles. The molecule has 0 saturated heterocycles. The number of carbonyl (C=O) groups is 1. The first-order valence-electron chi connectivity index (χ1n) is 5.89. The summed E-state index contributed by atoms with van der Waals surface area (Å²) in [5.41, 5.74) is 0.675. The second-order valence-corrected chi connectivity index (χ2v) is 6.16. The molecule has 19 heavy (non-hydrogen) atoms. The van der Waals surface area contributed by atoms with Crippen LogP contribution in [0.25, 0.3) is 0 Å². The normalized spacial score (nSPS) is 14.3. The molecule has 0 saturated carbocycles. The highest BCUT2D eigenvalue weighted by Crippen LogP contribution is 2.24. The molecule has 0 radical (unpaired) electrons. The van der Waals surface area contributed by atoms with E-state index in [0.717, 1.165) is 21.3 Å². The minimum atomic E-state index is 0.0300. The number of benzene rings is 1. The van der Waals surface area contributed by atoms with Crippen molar-refractivity contribution in [2.24, 2.45) is 0 Å². The number of carbonyl (C=O) groups excluding carboxylic acids is 1. The van der Waals surface area contributed by atoms with Crippen LogP contribution in [0.2, 0.25) is 0 Å². The summed E-state index contributed by atoms with van der Waals surface area (Å²) in [4.78, 5) is 18.6. The molecule has 0 fully saturated rings. The number of aromatic nitrogens is 2. The minimum Gasteiger partial charge on any atom is -0.332 e. The van der Waals surface area contributed by atoms with Crippen LogP contribution in [0, 0.1) is 0 Å². The van der Waals surface area contributed by atoms with Crippen molar-refractivity contribution in [3.8, 4) is 0 Å². The molecule has 2 aromatic rings. The van der Waals surface area contributed by atoms with Crippen LogP contribution in [-0.2, 0) is 13.1 Å². The van der Waals surface area contributed by atoms with Crippen molar-refractivity contribution in [1.29, 1.82) is 0 Å². The zero-order chi connectivity index (χ0) is 13.4. The van der Waals surface area contributed by atoms with Gasteiger partial charge in [-0.2, -0.15) is 0 Å². The summed E-state index contributed by atoms with van der Waals surface area (Å²) < 4.78 is 3.80. The van der Waals surface area contributed by atoms with Gasteiger partial charge in [0.25, 0.3) is 5.91 Å². The van der Waals surface area contributed by atoms with Gasteiger partial charge in [0.15, 0.2) is 0 Å². The quantitative estimate of drug-likeness (QED) is 0.757. The van der Waals surface area contributed by atoms with Gasteiger partial charge in [0.1, 0.15) is 5.82 Å². The molecule has 1 aliphatic heterocycles.